The molecule has 1 heteroatoms. The summed E-state index contributed by atoms with van der Waals surface area (Å²) < 4.78 is 0. The molecule has 0 spiro atoms. The summed E-state index contributed by atoms with van der Waals surface area (Å²) in [6.07, 6.45) is 4.37. The lowest BCUT2D eigenvalue weighted by molar-refractivity contribution is -0.0534. The van der Waals surface area contributed by atoms with Crippen molar-refractivity contribution in [2.24, 2.45) is 11.3 Å². The molecule has 1 aromatic carbocycles. The average Bonchev–Trinajstić information content (AvgIpc) is 2.36. The monoisotopic (exact) mass is 286 g/mol. The fourth-order valence-electron chi connectivity index (χ4n) is 5.37. The third kappa shape index (κ3) is 2.25. The van der Waals surface area contributed by atoms with E-state index in [1.807, 2.05) is 0 Å². The van der Waals surface area contributed by atoms with Gasteiger partial charge in [0.2, 0.25) is 0 Å². The lowest BCUT2D eigenvalue weighted by Gasteiger charge is -2.56. The minimum absolute atomic E-state index is 0.143. The van der Waals surface area contributed by atoms with E-state index in [1.54, 1.807) is 0 Å². The van der Waals surface area contributed by atoms with Gasteiger partial charge in [-0.1, -0.05) is 59.2 Å². The second kappa shape index (κ2) is 4.84. The molecule has 0 amide bonds. The molecule has 0 aromatic heterocycles. The fourth-order valence-corrected chi connectivity index (χ4v) is 5.37. The quantitative estimate of drug-likeness (QED) is 0.785. The smallest absolute Gasteiger partial charge is 0.0622 e. The Labute approximate surface area is 129 Å². The predicted octanol–water partition coefficient (Wildman–Crippen LogP) is 4.81. The molecular weight excluding hydrogens is 256 g/mol. The van der Waals surface area contributed by atoms with Crippen LogP contribution in [0.5, 0.6) is 0 Å². The highest BCUT2D eigenvalue weighted by atomic mass is 16.3. The molecule has 0 saturated heterocycles. The molecule has 1 aromatic rings. The summed E-state index contributed by atoms with van der Waals surface area (Å²) >= 11 is 0. The van der Waals surface area contributed by atoms with Gasteiger partial charge in [-0.2, -0.15) is 0 Å². The summed E-state index contributed by atoms with van der Waals surface area (Å²) in [6.45, 7) is 11.6. The van der Waals surface area contributed by atoms with Crippen molar-refractivity contribution < 1.29 is 5.11 Å². The van der Waals surface area contributed by atoms with Crippen molar-refractivity contribution in [3.8, 4) is 0 Å². The Hall–Kier alpha value is -0.820. The summed E-state index contributed by atoms with van der Waals surface area (Å²) in [7, 11) is 0. The molecule has 3 rings (SSSR count). The van der Waals surface area contributed by atoms with Crippen molar-refractivity contribution >= 4 is 0 Å². The topological polar surface area (TPSA) is 20.2 Å². The van der Waals surface area contributed by atoms with E-state index in [9.17, 15) is 5.11 Å². The highest BCUT2D eigenvalue weighted by molar-refractivity contribution is 5.43. The molecule has 1 N–H and O–H groups in total. The number of rotatable bonds is 1. The van der Waals surface area contributed by atoms with Gasteiger partial charge in [-0.3, -0.25) is 0 Å². The van der Waals surface area contributed by atoms with E-state index >= 15 is 0 Å². The third-order valence-corrected chi connectivity index (χ3v) is 6.27. The van der Waals surface area contributed by atoms with Gasteiger partial charge in [-0.25, -0.2) is 0 Å². The van der Waals surface area contributed by atoms with E-state index in [0.717, 1.165) is 6.42 Å². The molecule has 0 radical (unpaired) electrons. The van der Waals surface area contributed by atoms with Crippen LogP contribution in [0.1, 0.15) is 76.5 Å². The maximum absolute atomic E-state index is 10.9. The highest BCUT2D eigenvalue weighted by Crippen LogP contribution is 2.57. The van der Waals surface area contributed by atoms with Crippen LogP contribution in [0.25, 0.3) is 0 Å². The van der Waals surface area contributed by atoms with Gasteiger partial charge >= 0.3 is 0 Å². The zero-order valence-corrected chi connectivity index (χ0v) is 14.2. The fraction of sp³-hybridized carbons (Fsp3) is 0.700. The van der Waals surface area contributed by atoms with Gasteiger partial charge in [0.05, 0.1) is 6.10 Å². The van der Waals surface area contributed by atoms with E-state index in [4.69, 9.17) is 0 Å². The second-order valence-electron chi connectivity index (χ2n) is 8.58. The van der Waals surface area contributed by atoms with Crippen LogP contribution < -0.4 is 0 Å². The van der Waals surface area contributed by atoms with Crippen molar-refractivity contribution in [1.82, 2.24) is 0 Å². The Morgan fingerprint density at radius 3 is 2.52 bits per heavy atom. The minimum atomic E-state index is -0.194. The van der Waals surface area contributed by atoms with Crippen molar-refractivity contribution in [1.29, 1.82) is 0 Å². The van der Waals surface area contributed by atoms with Crippen molar-refractivity contribution in [2.75, 3.05) is 0 Å². The largest absolute Gasteiger partial charge is 0.392 e. The maximum Gasteiger partial charge on any atom is 0.0622 e. The van der Waals surface area contributed by atoms with Crippen molar-refractivity contribution in [3.05, 3.63) is 34.9 Å². The first-order valence-electron chi connectivity index (χ1n) is 8.57. The molecule has 116 valence electrons. The highest BCUT2D eigenvalue weighted by Gasteiger charge is 2.53. The predicted molar refractivity (Wildman–Crippen MR) is 88.7 cm³/mol. The van der Waals surface area contributed by atoms with Crippen LogP contribution in [0.3, 0.4) is 0 Å². The van der Waals surface area contributed by atoms with Gasteiger partial charge in [-0.15, -0.1) is 0 Å². The van der Waals surface area contributed by atoms with Crippen molar-refractivity contribution in [2.45, 2.75) is 77.7 Å². The first kappa shape index (κ1) is 15.1. The van der Waals surface area contributed by atoms with Crippen LogP contribution in [0.4, 0.5) is 0 Å². The molecule has 0 bridgehead atoms. The van der Waals surface area contributed by atoms with Crippen LogP contribution in [0.2, 0.25) is 0 Å². The van der Waals surface area contributed by atoms with E-state index < -0.39 is 0 Å². The maximum atomic E-state index is 10.9. The SMILES string of the molecule is CC(C)c1ccc2c(c1)C[C@@H](O)[C@@H]1C(C)(C)CCC[C@@]21C. The summed E-state index contributed by atoms with van der Waals surface area (Å²) in [5, 5.41) is 10.9. The number of aliphatic hydroxyl groups excluding tert-OH is 1. The Morgan fingerprint density at radius 2 is 1.86 bits per heavy atom. The van der Waals surface area contributed by atoms with Crippen LogP contribution in [-0.4, -0.2) is 11.2 Å². The van der Waals surface area contributed by atoms with E-state index in [2.05, 4.69) is 52.8 Å². The second-order valence-corrected chi connectivity index (χ2v) is 8.58. The molecule has 21 heavy (non-hydrogen) atoms. The van der Waals surface area contributed by atoms with Crippen LogP contribution in [-0.2, 0) is 11.8 Å². The molecule has 3 atom stereocenters. The van der Waals surface area contributed by atoms with Gasteiger partial charge < -0.3 is 5.11 Å². The molecule has 0 aliphatic heterocycles. The molecule has 1 nitrogen and oxygen atoms in total. The number of aliphatic hydroxyl groups is 1. The molecule has 2 aliphatic carbocycles. The number of fused-ring (bicyclic) bond motifs is 3. The standard InChI is InChI=1S/C20H30O/c1-13(2)14-7-8-16-15(11-14)12-17(21)18-19(3,4)9-6-10-20(16,18)5/h7-8,11,13,17-18,21H,6,9-10,12H2,1-5H3/t17-,18-,20+/m1/s1. The number of hydrogen-bond acceptors (Lipinski definition) is 1. The molecular formula is C20H30O. The first-order chi connectivity index (χ1) is 9.75. The summed E-state index contributed by atoms with van der Waals surface area (Å²) in [5.41, 5.74) is 4.68. The van der Waals surface area contributed by atoms with Gasteiger partial charge in [0.1, 0.15) is 0 Å². The summed E-state index contributed by atoms with van der Waals surface area (Å²) in [5.74, 6) is 0.942. The zero-order valence-electron chi connectivity index (χ0n) is 14.2. The van der Waals surface area contributed by atoms with Gasteiger partial charge in [0.15, 0.2) is 0 Å². The third-order valence-electron chi connectivity index (χ3n) is 6.27. The number of hydrogen-bond donors (Lipinski definition) is 1. The zero-order chi connectivity index (χ0) is 15.4. The Morgan fingerprint density at radius 1 is 1.14 bits per heavy atom. The van der Waals surface area contributed by atoms with Gasteiger partial charge in [0, 0.05) is 0 Å². The van der Waals surface area contributed by atoms with E-state index in [1.165, 1.54) is 36.0 Å². The Kier molecular flexibility index (Phi) is 3.48. The molecule has 2 aliphatic rings. The van der Waals surface area contributed by atoms with E-state index in [-0.39, 0.29) is 16.9 Å². The Bertz CT molecular complexity index is 543. The summed E-state index contributed by atoms with van der Waals surface area (Å²) in [4.78, 5) is 0. The molecule has 0 heterocycles. The summed E-state index contributed by atoms with van der Waals surface area (Å²) in [6, 6.07) is 7.03. The van der Waals surface area contributed by atoms with Gasteiger partial charge in [0.25, 0.3) is 0 Å². The first-order valence-corrected chi connectivity index (χ1v) is 8.57. The Balaban J connectivity index is 2.12. The normalized spacial score (nSPS) is 34.4. The molecule has 1 fully saturated rings. The van der Waals surface area contributed by atoms with Gasteiger partial charge in [-0.05, 0) is 58.6 Å². The minimum Gasteiger partial charge on any atom is -0.392 e. The van der Waals surface area contributed by atoms with Crippen LogP contribution in [0, 0.1) is 11.3 Å². The van der Waals surface area contributed by atoms with Crippen molar-refractivity contribution in [3.63, 3.8) is 0 Å². The molecule has 0 unspecified atom stereocenters. The average molecular weight is 286 g/mol. The van der Waals surface area contributed by atoms with Crippen LogP contribution >= 0.6 is 0 Å². The number of benzene rings is 1. The van der Waals surface area contributed by atoms with Crippen LogP contribution in [0.15, 0.2) is 18.2 Å². The van der Waals surface area contributed by atoms with E-state index in [0.29, 0.717) is 11.8 Å². The lowest BCUT2D eigenvalue weighted by Crippen LogP contribution is -2.54. The molecule has 1 saturated carbocycles. The lowest BCUT2D eigenvalue weighted by atomic mass is 9.49.